The van der Waals surface area contributed by atoms with Crippen LogP contribution < -0.4 is 10.1 Å². The van der Waals surface area contributed by atoms with Gasteiger partial charge < -0.3 is 10.1 Å². The molecule has 2 aromatic heterocycles. The fraction of sp³-hybridized carbons (Fsp3) is 0.462. The molecule has 1 amide bonds. The summed E-state index contributed by atoms with van der Waals surface area (Å²) in [6, 6.07) is 0. The van der Waals surface area contributed by atoms with Crippen LogP contribution in [0.25, 0.3) is 10.2 Å². The molecule has 2 heterocycles. The van der Waals surface area contributed by atoms with Crippen molar-refractivity contribution in [2.24, 2.45) is 0 Å². The number of hydrogen-bond acceptors (Lipinski definition) is 5. The number of fused-ring (bicyclic) bond motifs is 3. The van der Waals surface area contributed by atoms with Crippen LogP contribution in [0.15, 0.2) is 6.33 Å². The number of thiophene rings is 1. The molecule has 0 saturated carbocycles. The summed E-state index contributed by atoms with van der Waals surface area (Å²) in [5, 5.41) is 3.54. The molecule has 0 atom stereocenters. The van der Waals surface area contributed by atoms with Gasteiger partial charge in [0.15, 0.2) is 6.61 Å². The molecule has 0 aliphatic heterocycles. The predicted molar refractivity (Wildman–Crippen MR) is 73.6 cm³/mol. The molecule has 0 fully saturated rings. The van der Waals surface area contributed by atoms with Crippen LogP contribution in [-0.4, -0.2) is 29.5 Å². The van der Waals surface area contributed by atoms with Crippen molar-refractivity contribution in [3.63, 3.8) is 0 Å². The number of ether oxygens (including phenoxy) is 1. The summed E-state index contributed by atoms with van der Waals surface area (Å²) < 4.78 is 5.54. The van der Waals surface area contributed by atoms with Gasteiger partial charge in [0.25, 0.3) is 5.91 Å². The first-order chi connectivity index (χ1) is 9.29. The van der Waals surface area contributed by atoms with E-state index in [1.807, 2.05) is 0 Å². The van der Waals surface area contributed by atoms with Crippen molar-refractivity contribution in [1.82, 2.24) is 15.3 Å². The second-order valence-electron chi connectivity index (χ2n) is 4.53. The minimum Gasteiger partial charge on any atom is -0.467 e. The van der Waals surface area contributed by atoms with E-state index >= 15 is 0 Å². The Kier molecular flexibility index (Phi) is 3.33. The molecule has 1 aliphatic carbocycles. The molecule has 0 unspecified atom stereocenters. The van der Waals surface area contributed by atoms with Crippen LogP contribution in [0, 0.1) is 0 Å². The Morgan fingerprint density at radius 2 is 2.26 bits per heavy atom. The Morgan fingerprint density at radius 3 is 3.11 bits per heavy atom. The summed E-state index contributed by atoms with van der Waals surface area (Å²) >= 11 is 1.72. The van der Waals surface area contributed by atoms with Gasteiger partial charge in [-0.05, 0) is 31.2 Å². The number of amides is 1. The van der Waals surface area contributed by atoms with Crippen molar-refractivity contribution in [2.45, 2.75) is 25.7 Å². The van der Waals surface area contributed by atoms with E-state index in [2.05, 4.69) is 15.3 Å². The summed E-state index contributed by atoms with van der Waals surface area (Å²) in [6.45, 7) is -0.00671. The van der Waals surface area contributed by atoms with Crippen LogP contribution in [0.2, 0.25) is 0 Å². The molecule has 6 heteroatoms. The fourth-order valence-corrected chi connectivity index (χ4v) is 3.60. The van der Waals surface area contributed by atoms with Crippen molar-refractivity contribution >= 4 is 27.5 Å². The quantitative estimate of drug-likeness (QED) is 0.927. The Bertz CT molecular complexity index is 624. The second-order valence-corrected chi connectivity index (χ2v) is 5.62. The monoisotopic (exact) mass is 277 g/mol. The van der Waals surface area contributed by atoms with Crippen molar-refractivity contribution in [1.29, 1.82) is 0 Å². The number of aromatic nitrogens is 2. The summed E-state index contributed by atoms with van der Waals surface area (Å²) in [7, 11) is 1.59. The summed E-state index contributed by atoms with van der Waals surface area (Å²) in [5.74, 6) is 0.379. The van der Waals surface area contributed by atoms with E-state index in [0.717, 1.165) is 23.1 Å². The Morgan fingerprint density at radius 1 is 1.42 bits per heavy atom. The minimum atomic E-state index is -0.157. The molecule has 19 heavy (non-hydrogen) atoms. The number of aryl methyl sites for hydroxylation is 2. The lowest BCUT2D eigenvalue weighted by atomic mass is 9.97. The maximum absolute atomic E-state index is 11.3. The molecule has 0 saturated heterocycles. The third-order valence-corrected chi connectivity index (χ3v) is 4.54. The second kappa shape index (κ2) is 5.13. The molecule has 0 radical (unpaired) electrons. The van der Waals surface area contributed by atoms with Gasteiger partial charge in [0.1, 0.15) is 11.2 Å². The van der Waals surface area contributed by atoms with Crippen LogP contribution in [-0.2, 0) is 17.6 Å². The van der Waals surface area contributed by atoms with Crippen LogP contribution in [0.1, 0.15) is 23.3 Å². The molecule has 100 valence electrons. The molecule has 0 aromatic carbocycles. The molecule has 5 nitrogen and oxygen atoms in total. The largest absolute Gasteiger partial charge is 0.467 e. The maximum Gasteiger partial charge on any atom is 0.257 e. The average Bonchev–Trinajstić information content (AvgIpc) is 2.83. The van der Waals surface area contributed by atoms with Crippen LogP contribution >= 0.6 is 11.3 Å². The Balaban J connectivity index is 1.99. The molecule has 0 bridgehead atoms. The number of rotatable bonds is 3. The molecular formula is C13H15N3O2S. The van der Waals surface area contributed by atoms with Gasteiger partial charge in [-0.3, -0.25) is 4.79 Å². The lowest BCUT2D eigenvalue weighted by Gasteiger charge is -2.11. The van der Waals surface area contributed by atoms with E-state index in [4.69, 9.17) is 4.74 Å². The van der Waals surface area contributed by atoms with Crippen LogP contribution in [0.3, 0.4) is 0 Å². The SMILES string of the molecule is CNC(=O)COc1ncnc2sc3c(c12)CCCC3. The highest BCUT2D eigenvalue weighted by atomic mass is 32.1. The smallest absolute Gasteiger partial charge is 0.257 e. The lowest BCUT2D eigenvalue weighted by molar-refractivity contribution is -0.122. The van der Waals surface area contributed by atoms with E-state index in [1.54, 1.807) is 18.4 Å². The van der Waals surface area contributed by atoms with Crippen molar-refractivity contribution in [2.75, 3.05) is 13.7 Å². The number of carbonyl (C=O) groups excluding carboxylic acids is 1. The standard InChI is InChI=1S/C13H15N3O2S/c1-14-10(17)6-18-12-11-8-4-2-3-5-9(8)19-13(11)16-7-15-12/h7H,2-6H2,1H3,(H,14,17). The number of hydrogen-bond donors (Lipinski definition) is 1. The first-order valence-corrected chi connectivity index (χ1v) is 7.20. The van der Waals surface area contributed by atoms with Crippen molar-refractivity contribution < 1.29 is 9.53 Å². The molecule has 3 rings (SSSR count). The van der Waals surface area contributed by atoms with E-state index < -0.39 is 0 Å². The van der Waals surface area contributed by atoms with Crippen molar-refractivity contribution in [3.05, 3.63) is 16.8 Å². The third kappa shape index (κ3) is 2.28. The van der Waals surface area contributed by atoms with Gasteiger partial charge in [-0.25, -0.2) is 9.97 Å². The van der Waals surface area contributed by atoms with Gasteiger partial charge in [-0.2, -0.15) is 0 Å². The number of nitrogens with one attached hydrogen (secondary N) is 1. The minimum absolute atomic E-state index is 0.00671. The van der Waals surface area contributed by atoms with Gasteiger partial charge in [-0.15, -0.1) is 11.3 Å². The molecular weight excluding hydrogens is 262 g/mol. The first kappa shape index (κ1) is 12.3. The van der Waals surface area contributed by atoms with E-state index in [1.165, 1.54) is 29.6 Å². The predicted octanol–water partition coefficient (Wildman–Crippen LogP) is 1.69. The topological polar surface area (TPSA) is 64.1 Å². The highest BCUT2D eigenvalue weighted by Gasteiger charge is 2.20. The fourth-order valence-electron chi connectivity index (χ4n) is 2.38. The zero-order valence-corrected chi connectivity index (χ0v) is 11.5. The molecule has 0 spiro atoms. The van der Waals surface area contributed by atoms with Gasteiger partial charge in [0.2, 0.25) is 5.88 Å². The summed E-state index contributed by atoms with van der Waals surface area (Å²) in [4.78, 5) is 22.1. The van der Waals surface area contributed by atoms with E-state index in [0.29, 0.717) is 5.88 Å². The van der Waals surface area contributed by atoms with Gasteiger partial charge >= 0.3 is 0 Å². The maximum atomic E-state index is 11.3. The van der Waals surface area contributed by atoms with Gasteiger partial charge in [0.05, 0.1) is 5.39 Å². The third-order valence-electron chi connectivity index (χ3n) is 3.34. The lowest BCUT2D eigenvalue weighted by Crippen LogP contribution is -2.25. The highest BCUT2D eigenvalue weighted by Crippen LogP contribution is 2.38. The number of nitrogens with zero attached hydrogens (tertiary/aromatic N) is 2. The average molecular weight is 277 g/mol. The number of likely N-dealkylation sites (N-methyl/N-ethyl adjacent to an activating group) is 1. The first-order valence-electron chi connectivity index (χ1n) is 6.38. The van der Waals surface area contributed by atoms with E-state index in [-0.39, 0.29) is 12.5 Å². The van der Waals surface area contributed by atoms with E-state index in [9.17, 15) is 4.79 Å². The molecule has 1 aliphatic rings. The summed E-state index contributed by atoms with van der Waals surface area (Å²) in [5.41, 5.74) is 1.32. The van der Waals surface area contributed by atoms with Gasteiger partial charge in [-0.1, -0.05) is 0 Å². The zero-order valence-electron chi connectivity index (χ0n) is 10.7. The normalized spacial score (nSPS) is 14.2. The summed E-state index contributed by atoms with van der Waals surface area (Å²) in [6.07, 6.45) is 6.11. The number of carbonyl (C=O) groups is 1. The van der Waals surface area contributed by atoms with Crippen LogP contribution in [0.4, 0.5) is 0 Å². The Labute approximate surface area is 115 Å². The van der Waals surface area contributed by atoms with Crippen molar-refractivity contribution in [3.8, 4) is 5.88 Å². The zero-order chi connectivity index (χ0) is 13.2. The molecule has 2 aromatic rings. The van der Waals surface area contributed by atoms with Gasteiger partial charge in [0, 0.05) is 11.9 Å². The Hall–Kier alpha value is -1.69. The highest BCUT2D eigenvalue weighted by molar-refractivity contribution is 7.18. The van der Waals surface area contributed by atoms with Crippen LogP contribution in [0.5, 0.6) is 5.88 Å². The molecule has 1 N–H and O–H groups in total.